The summed E-state index contributed by atoms with van der Waals surface area (Å²) in [6.45, 7) is 0. The Morgan fingerprint density at radius 3 is 2.43 bits per heavy atom. The van der Waals surface area contributed by atoms with Gasteiger partial charge in [0.25, 0.3) is 11.8 Å². The molecule has 0 saturated heterocycles. The highest BCUT2D eigenvalue weighted by atomic mass is 35.5. The van der Waals surface area contributed by atoms with Gasteiger partial charge in [0.1, 0.15) is 5.75 Å². The summed E-state index contributed by atoms with van der Waals surface area (Å²) >= 11 is 5.86. The zero-order valence-electron chi connectivity index (χ0n) is 10.8. The first-order valence-corrected chi connectivity index (χ1v) is 6.59. The van der Waals surface area contributed by atoms with Crippen LogP contribution in [-0.2, 0) is 4.79 Å². The van der Waals surface area contributed by atoms with Gasteiger partial charge >= 0.3 is 0 Å². The molecule has 1 heterocycles. The van der Waals surface area contributed by atoms with E-state index in [1.165, 1.54) is 6.07 Å². The average molecular weight is 300 g/mol. The van der Waals surface area contributed by atoms with Crippen molar-refractivity contribution < 1.29 is 14.7 Å². The molecule has 2 N–H and O–H groups in total. The summed E-state index contributed by atoms with van der Waals surface area (Å²) in [6, 6.07) is 11.5. The van der Waals surface area contributed by atoms with Crippen molar-refractivity contribution in [3.63, 3.8) is 0 Å². The summed E-state index contributed by atoms with van der Waals surface area (Å²) < 4.78 is 0. The van der Waals surface area contributed by atoms with Crippen molar-refractivity contribution in [1.82, 2.24) is 5.32 Å². The molecule has 0 saturated carbocycles. The van der Waals surface area contributed by atoms with Crippen LogP contribution in [0.5, 0.6) is 5.75 Å². The van der Waals surface area contributed by atoms with Gasteiger partial charge in [-0.1, -0.05) is 35.9 Å². The number of fused-ring (bicyclic) bond motifs is 1. The van der Waals surface area contributed by atoms with Crippen LogP contribution in [0.2, 0.25) is 5.02 Å². The van der Waals surface area contributed by atoms with Gasteiger partial charge in [0.2, 0.25) is 0 Å². The molecule has 0 aromatic heterocycles. The lowest BCUT2D eigenvalue weighted by atomic mass is 9.93. The van der Waals surface area contributed by atoms with Gasteiger partial charge in [0.05, 0.1) is 5.02 Å². The van der Waals surface area contributed by atoms with Crippen molar-refractivity contribution in [1.29, 1.82) is 0 Å². The predicted octanol–water partition coefficient (Wildman–Crippen LogP) is 2.86. The quantitative estimate of drug-likeness (QED) is 0.628. The molecule has 0 radical (unpaired) electrons. The fourth-order valence-corrected chi connectivity index (χ4v) is 2.39. The number of amides is 2. The monoisotopic (exact) mass is 299 g/mol. The van der Waals surface area contributed by atoms with Crippen LogP contribution in [0.4, 0.5) is 0 Å². The number of phenolic OH excluding ortho intramolecular Hbond substituents is 1. The number of nitrogens with one attached hydrogen (secondary N) is 1. The Labute approximate surface area is 125 Å². The zero-order valence-corrected chi connectivity index (χ0v) is 11.5. The van der Waals surface area contributed by atoms with E-state index in [0.29, 0.717) is 22.3 Å². The SMILES string of the molecule is O=C1NC(=O)c2ccccc2/C1=C\c1ccc(O)c(Cl)c1. The van der Waals surface area contributed by atoms with Gasteiger partial charge in [-0.2, -0.15) is 0 Å². The zero-order chi connectivity index (χ0) is 15.0. The van der Waals surface area contributed by atoms with Crippen LogP contribution >= 0.6 is 11.6 Å². The van der Waals surface area contributed by atoms with Crippen molar-refractivity contribution in [2.45, 2.75) is 0 Å². The van der Waals surface area contributed by atoms with E-state index in [9.17, 15) is 14.7 Å². The summed E-state index contributed by atoms with van der Waals surface area (Å²) in [4.78, 5) is 23.8. The minimum absolute atomic E-state index is 0.0255. The maximum absolute atomic E-state index is 12.0. The Hall–Kier alpha value is -2.59. The molecule has 21 heavy (non-hydrogen) atoms. The topological polar surface area (TPSA) is 66.4 Å². The Kier molecular flexibility index (Phi) is 3.23. The second-order valence-electron chi connectivity index (χ2n) is 4.60. The fourth-order valence-electron chi connectivity index (χ4n) is 2.20. The molecule has 0 atom stereocenters. The summed E-state index contributed by atoms with van der Waals surface area (Å²) in [5.41, 5.74) is 2.07. The van der Waals surface area contributed by atoms with Gasteiger partial charge in [-0.05, 0) is 35.4 Å². The molecule has 2 amide bonds. The Morgan fingerprint density at radius 2 is 1.71 bits per heavy atom. The minimum atomic E-state index is -0.456. The van der Waals surface area contributed by atoms with E-state index in [4.69, 9.17) is 11.6 Å². The van der Waals surface area contributed by atoms with Crippen LogP contribution in [-0.4, -0.2) is 16.9 Å². The van der Waals surface area contributed by atoms with E-state index < -0.39 is 11.8 Å². The average Bonchev–Trinajstić information content (AvgIpc) is 2.47. The first kappa shape index (κ1) is 13.4. The Balaban J connectivity index is 2.14. The molecule has 4 nitrogen and oxygen atoms in total. The number of phenols is 1. The molecular formula is C16H10ClNO3. The van der Waals surface area contributed by atoms with Crippen molar-refractivity contribution in [2.75, 3.05) is 0 Å². The lowest BCUT2D eigenvalue weighted by Crippen LogP contribution is -2.36. The van der Waals surface area contributed by atoms with Crippen LogP contribution in [0, 0.1) is 0 Å². The lowest BCUT2D eigenvalue weighted by Gasteiger charge is -2.18. The number of hydrogen-bond acceptors (Lipinski definition) is 3. The van der Waals surface area contributed by atoms with E-state index in [1.54, 1.807) is 42.5 Å². The smallest absolute Gasteiger partial charge is 0.258 e. The number of aromatic hydroxyl groups is 1. The van der Waals surface area contributed by atoms with Crippen LogP contribution in [0.3, 0.4) is 0 Å². The van der Waals surface area contributed by atoms with Crippen molar-refractivity contribution >= 4 is 35.1 Å². The summed E-state index contributed by atoms with van der Waals surface area (Å²) in [5.74, 6) is -0.887. The van der Waals surface area contributed by atoms with E-state index in [0.717, 1.165) is 0 Å². The maximum atomic E-state index is 12.0. The molecule has 5 heteroatoms. The highest BCUT2D eigenvalue weighted by molar-refractivity contribution is 6.34. The number of imide groups is 1. The Bertz CT molecular complexity index is 796. The largest absolute Gasteiger partial charge is 0.506 e. The van der Waals surface area contributed by atoms with E-state index in [1.807, 2.05) is 0 Å². The molecule has 2 aromatic rings. The third-order valence-corrected chi connectivity index (χ3v) is 3.52. The van der Waals surface area contributed by atoms with Crippen molar-refractivity contribution in [3.8, 4) is 5.75 Å². The molecule has 0 aliphatic carbocycles. The number of rotatable bonds is 1. The highest BCUT2D eigenvalue weighted by Gasteiger charge is 2.26. The van der Waals surface area contributed by atoms with E-state index in [-0.39, 0.29) is 10.8 Å². The van der Waals surface area contributed by atoms with E-state index in [2.05, 4.69) is 5.32 Å². The molecule has 104 valence electrons. The second kappa shape index (κ2) is 5.07. The summed E-state index contributed by atoms with van der Waals surface area (Å²) in [7, 11) is 0. The molecule has 1 aliphatic rings. The van der Waals surface area contributed by atoms with Crippen molar-refractivity contribution in [2.24, 2.45) is 0 Å². The van der Waals surface area contributed by atoms with Gasteiger partial charge in [-0.15, -0.1) is 0 Å². The first-order chi connectivity index (χ1) is 10.1. The molecule has 1 aliphatic heterocycles. The number of carbonyl (C=O) groups is 2. The van der Waals surface area contributed by atoms with Crippen LogP contribution in [0.25, 0.3) is 11.6 Å². The van der Waals surface area contributed by atoms with Crippen LogP contribution < -0.4 is 5.32 Å². The molecule has 0 bridgehead atoms. The number of carbonyl (C=O) groups excluding carboxylic acids is 2. The molecule has 0 spiro atoms. The van der Waals surface area contributed by atoms with Crippen LogP contribution in [0.1, 0.15) is 21.5 Å². The number of hydrogen-bond donors (Lipinski definition) is 2. The maximum Gasteiger partial charge on any atom is 0.258 e. The third-order valence-electron chi connectivity index (χ3n) is 3.22. The Morgan fingerprint density at radius 1 is 1.00 bits per heavy atom. The fraction of sp³-hybridized carbons (Fsp3) is 0. The first-order valence-electron chi connectivity index (χ1n) is 6.21. The van der Waals surface area contributed by atoms with Crippen molar-refractivity contribution in [3.05, 3.63) is 64.2 Å². The van der Waals surface area contributed by atoms with Gasteiger partial charge in [-0.25, -0.2) is 0 Å². The molecule has 2 aromatic carbocycles. The minimum Gasteiger partial charge on any atom is -0.506 e. The van der Waals surface area contributed by atoms with Crippen LogP contribution in [0.15, 0.2) is 42.5 Å². The van der Waals surface area contributed by atoms with Gasteiger partial charge < -0.3 is 5.11 Å². The van der Waals surface area contributed by atoms with E-state index >= 15 is 0 Å². The second-order valence-corrected chi connectivity index (χ2v) is 5.00. The molecule has 0 fully saturated rings. The third kappa shape index (κ3) is 2.41. The molecule has 3 rings (SSSR count). The standard InChI is InChI=1S/C16H10ClNO3/c17-13-8-9(5-6-14(13)19)7-12-10-3-1-2-4-11(10)15(20)18-16(12)21/h1-8,19H,(H,18,20,21)/b12-7+. The number of halogens is 1. The normalized spacial score (nSPS) is 15.8. The van der Waals surface area contributed by atoms with Gasteiger partial charge in [-0.3, -0.25) is 14.9 Å². The summed E-state index contributed by atoms with van der Waals surface area (Å²) in [6.07, 6.45) is 1.63. The van der Waals surface area contributed by atoms with Gasteiger partial charge in [0.15, 0.2) is 0 Å². The number of benzene rings is 2. The molecule has 0 unspecified atom stereocenters. The van der Waals surface area contributed by atoms with Gasteiger partial charge in [0, 0.05) is 11.1 Å². The predicted molar refractivity (Wildman–Crippen MR) is 79.9 cm³/mol. The summed E-state index contributed by atoms with van der Waals surface area (Å²) in [5, 5.41) is 11.9. The molecular weight excluding hydrogens is 290 g/mol. The lowest BCUT2D eigenvalue weighted by molar-refractivity contribution is -0.114. The highest BCUT2D eigenvalue weighted by Crippen LogP contribution is 2.29.